The molecule has 1 saturated heterocycles. The van der Waals surface area contributed by atoms with Crippen LogP contribution >= 0.6 is 0 Å². The summed E-state index contributed by atoms with van der Waals surface area (Å²) in [7, 11) is 0. The highest BCUT2D eigenvalue weighted by Gasteiger charge is 2.23. The van der Waals surface area contributed by atoms with E-state index in [9.17, 15) is 4.79 Å². The van der Waals surface area contributed by atoms with Crippen molar-refractivity contribution < 1.29 is 9.53 Å². The van der Waals surface area contributed by atoms with E-state index < -0.39 is 0 Å². The molecule has 2 unspecified atom stereocenters. The van der Waals surface area contributed by atoms with Crippen LogP contribution < -0.4 is 4.90 Å². The first kappa shape index (κ1) is 16.0. The lowest BCUT2D eigenvalue weighted by molar-refractivity contribution is 0.0395. The van der Waals surface area contributed by atoms with E-state index in [1.807, 2.05) is 12.1 Å². The molecule has 0 amide bonds. The van der Waals surface area contributed by atoms with E-state index in [-0.39, 0.29) is 5.97 Å². The van der Waals surface area contributed by atoms with E-state index >= 15 is 0 Å². The average molecular weight is 314 g/mol. The standard InChI is InChI=1S/C19H26N2O2/c1-15-8-3-4-9-16(15)14-23-19(22)17-10-7-11-20-18(17)21-12-5-2-6-13-21/h3-4,7,10-11,15-16H,2,5-6,8-9,12-14H2,1H3. The molecule has 4 nitrogen and oxygen atoms in total. The molecule has 2 aliphatic rings. The summed E-state index contributed by atoms with van der Waals surface area (Å²) in [5, 5.41) is 0. The average Bonchev–Trinajstić information content (AvgIpc) is 2.61. The summed E-state index contributed by atoms with van der Waals surface area (Å²) in [5.41, 5.74) is 0.605. The molecule has 0 aromatic carbocycles. The lowest BCUT2D eigenvalue weighted by Crippen LogP contribution is -2.32. The predicted molar refractivity (Wildman–Crippen MR) is 91.6 cm³/mol. The van der Waals surface area contributed by atoms with Crippen LogP contribution in [-0.4, -0.2) is 30.6 Å². The van der Waals surface area contributed by atoms with Crippen LogP contribution in [0, 0.1) is 11.8 Å². The fraction of sp³-hybridized carbons (Fsp3) is 0.579. The van der Waals surface area contributed by atoms with Crippen molar-refractivity contribution in [1.29, 1.82) is 0 Å². The highest BCUT2D eigenvalue weighted by atomic mass is 16.5. The first-order valence-electron chi connectivity index (χ1n) is 8.78. The topological polar surface area (TPSA) is 42.4 Å². The number of carbonyl (C=O) groups is 1. The first-order chi connectivity index (χ1) is 11.3. The van der Waals surface area contributed by atoms with E-state index in [4.69, 9.17) is 4.74 Å². The fourth-order valence-corrected chi connectivity index (χ4v) is 3.41. The highest BCUT2D eigenvalue weighted by Crippen LogP contribution is 2.26. The molecule has 1 fully saturated rings. The van der Waals surface area contributed by atoms with Crippen molar-refractivity contribution in [2.24, 2.45) is 11.8 Å². The Morgan fingerprint density at radius 3 is 2.83 bits per heavy atom. The molecule has 3 rings (SSSR count). The van der Waals surface area contributed by atoms with Crippen LogP contribution in [0.15, 0.2) is 30.5 Å². The maximum Gasteiger partial charge on any atom is 0.341 e. The summed E-state index contributed by atoms with van der Waals surface area (Å²) in [5.74, 6) is 1.55. The number of ether oxygens (including phenoxy) is 1. The zero-order valence-electron chi connectivity index (χ0n) is 13.9. The molecule has 1 aliphatic heterocycles. The number of esters is 1. The van der Waals surface area contributed by atoms with Gasteiger partial charge in [-0.25, -0.2) is 9.78 Å². The third-order valence-corrected chi connectivity index (χ3v) is 5.01. The number of hydrogen-bond donors (Lipinski definition) is 0. The Hall–Kier alpha value is -1.84. The van der Waals surface area contributed by atoms with Crippen LogP contribution in [0.1, 0.15) is 49.4 Å². The Balaban J connectivity index is 1.66. The van der Waals surface area contributed by atoms with Gasteiger partial charge in [0.2, 0.25) is 0 Å². The molecule has 4 heteroatoms. The highest BCUT2D eigenvalue weighted by molar-refractivity contribution is 5.94. The Morgan fingerprint density at radius 2 is 2.04 bits per heavy atom. The van der Waals surface area contributed by atoms with Gasteiger partial charge in [0, 0.05) is 19.3 Å². The van der Waals surface area contributed by atoms with Crippen molar-refractivity contribution in [2.75, 3.05) is 24.6 Å². The molecule has 1 aliphatic carbocycles. The van der Waals surface area contributed by atoms with Gasteiger partial charge in [0.05, 0.1) is 6.61 Å². The molecule has 0 N–H and O–H groups in total. The molecule has 0 bridgehead atoms. The minimum absolute atomic E-state index is 0.236. The van der Waals surface area contributed by atoms with Gasteiger partial charge in [0.1, 0.15) is 11.4 Å². The SMILES string of the molecule is CC1CC=CCC1COC(=O)c1cccnc1N1CCCCC1. The Morgan fingerprint density at radius 1 is 1.26 bits per heavy atom. The summed E-state index contributed by atoms with van der Waals surface area (Å²) >= 11 is 0. The van der Waals surface area contributed by atoms with Crippen molar-refractivity contribution in [1.82, 2.24) is 4.98 Å². The van der Waals surface area contributed by atoms with Crippen LogP contribution in [0.3, 0.4) is 0 Å². The number of nitrogens with zero attached hydrogens (tertiary/aromatic N) is 2. The van der Waals surface area contributed by atoms with Gasteiger partial charge >= 0.3 is 5.97 Å². The molecular formula is C19H26N2O2. The molecule has 124 valence electrons. The van der Waals surface area contributed by atoms with Crippen molar-refractivity contribution in [2.45, 2.75) is 39.0 Å². The number of aromatic nitrogens is 1. The number of anilines is 1. The lowest BCUT2D eigenvalue weighted by atomic mass is 9.85. The second-order valence-electron chi connectivity index (χ2n) is 6.70. The minimum Gasteiger partial charge on any atom is -0.462 e. The second kappa shape index (κ2) is 7.62. The number of hydrogen-bond acceptors (Lipinski definition) is 4. The second-order valence-corrected chi connectivity index (χ2v) is 6.70. The summed E-state index contributed by atoms with van der Waals surface area (Å²) in [6.07, 6.45) is 11.8. The summed E-state index contributed by atoms with van der Waals surface area (Å²) in [4.78, 5) is 19.2. The molecule has 1 aromatic rings. The number of allylic oxidation sites excluding steroid dienone is 2. The molecule has 0 saturated carbocycles. The van der Waals surface area contributed by atoms with Gasteiger partial charge in [-0.3, -0.25) is 0 Å². The summed E-state index contributed by atoms with van der Waals surface area (Å²) in [6, 6.07) is 3.65. The van der Waals surface area contributed by atoms with Crippen molar-refractivity contribution >= 4 is 11.8 Å². The third kappa shape index (κ3) is 3.92. The largest absolute Gasteiger partial charge is 0.462 e. The van der Waals surface area contributed by atoms with Crippen molar-refractivity contribution in [3.63, 3.8) is 0 Å². The minimum atomic E-state index is -0.236. The Bertz CT molecular complexity index is 564. The van der Waals surface area contributed by atoms with Gasteiger partial charge in [-0.05, 0) is 56.1 Å². The van der Waals surface area contributed by atoms with Gasteiger partial charge < -0.3 is 9.64 Å². The Kier molecular flexibility index (Phi) is 5.31. The molecule has 1 aromatic heterocycles. The van der Waals surface area contributed by atoms with Crippen LogP contribution in [-0.2, 0) is 4.74 Å². The third-order valence-electron chi connectivity index (χ3n) is 5.01. The molecule has 0 spiro atoms. The zero-order valence-corrected chi connectivity index (χ0v) is 13.9. The molecular weight excluding hydrogens is 288 g/mol. The fourth-order valence-electron chi connectivity index (χ4n) is 3.41. The van der Waals surface area contributed by atoms with Gasteiger partial charge in [0.25, 0.3) is 0 Å². The predicted octanol–water partition coefficient (Wildman–Crippen LogP) is 3.83. The lowest BCUT2D eigenvalue weighted by Gasteiger charge is -2.29. The van der Waals surface area contributed by atoms with E-state index in [1.165, 1.54) is 6.42 Å². The molecule has 0 radical (unpaired) electrons. The van der Waals surface area contributed by atoms with E-state index in [0.717, 1.165) is 44.6 Å². The van der Waals surface area contributed by atoms with Crippen molar-refractivity contribution in [3.05, 3.63) is 36.0 Å². The number of piperidine rings is 1. The normalized spacial score (nSPS) is 24.5. The monoisotopic (exact) mass is 314 g/mol. The van der Waals surface area contributed by atoms with Gasteiger partial charge in [-0.2, -0.15) is 0 Å². The number of carbonyl (C=O) groups excluding carboxylic acids is 1. The van der Waals surface area contributed by atoms with Gasteiger partial charge in [0.15, 0.2) is 0 Å². The van der Waals surface area contributed by atoms with Crippen LogP contribution in [0.5, 0.6) is 0 Å². The maximum absolute atomic E-state index is 12.6. The van der Waals surface area contributed by atoms with Crippen LogP contribution in [0.4, 0.5) is 5.82 Å². The summed E-state index contributed by atoms with van der Waals surface area (Å²) in [6.45, 7) is 4.67. The van der Waals surface area contributed by atoms with Crippen molar-refractivity contribution in [3.8, 4) is 0 Å². The van der Waals surface area contributed by atoms with Gasteiger partial charge in [-0.1, -0.05) is 19.1 Å². The van der Waals surface area contributed by atoms with Gasteiger partial charge in [-0.15, -0.1) is 0 Å². The van der Waals surface area contributed by atoms with E-state index in [1.54, 1.807) is 6.20 Å². The maximum atomic E-state index is 12.6. The van der Waals surface area contributed by atoms with E-state index in [0.29, 0.717) is 24.0 Å². The van der Waals surface area contributed by atoms with E-state index in [2.05, 4.69) is 29.0 Å². The first-order valence-corrected chi connectivity index (χ1v) is 8.78. The Labute approximate surface area is 138 Å². The number of pyridine rings is 1. The quantitative estimate of drug-likeness (QED) is 0.626. The zero-order chi connectivity index (χ0) is 16.1. The molecule has 2 atom stereocenters. The van der Waals surface area contributed by atoms with Crippen LogP contribution in [0.25, 0.3) is 0 Å². The summed E-state index contributed by atoms with van der Waals surface area (Å²) < 4.78 is 5.63. The number of rotatable bonds is 4. The van der Waals surface area contributed by atoms with Crippen LogP contribution in [0.2, 0.25) is 0 Å². The smallest absolute Gasteiger partial charge is 0.341 e. The molecule has 23 heavy (non-hydrogen) atoms. The molecule has 2 heterocycles.